The molecule has 5 heteroatoms. The average molecular weight is 312 g/mol. The summed E-state index contributed by atoms with van der Waals surface area (Å²) in [5.74, 6) is 1.80. The second-order valence-corrected chi connectivity index (χ2v) is 6.10. The number of carbonyl (C=O) groups excluding carboxylic acids is 1. The molecule has 2 N–H and O–H groups in total. The van der Waals surface area contributed by atoms with Gasteiger partial charge in [0.25, 0.3) is 0 Å². The molecule has 1 fully saturated rings. The summed E-state index contributed by atoms with van der Waals surface area (Å²) in [4.78, 5) is 16.3. The quantitative estimate of drug-likeness (QED) is 0.825. The topological polar surface area (TPSA) is 59.0 Å². The number of imidazole rings is 1. The highest BCUT2D eigenvalue weighted by Gasteiger charge is 2.28. The van der Waals surface area contributed by atoms with E-state index in [9.17, 15) is 4.79 Å². The van der Waals surface area contributed by atoms with Crippen molar-refractivity contribution < 1.29 is 4.79 Å². The third-order valence-electron chi connectivity index (χ3n) is 4.19. The molecule has 0 aliphatic heterocycles. The molecule has 0 atom stereocenters. The van der Waals surface area contributed by atoms with E-state index in [0.717, 1.165) is 18.7 Å². The number of benzene rings is 1. The minimum atomic E-state index is -0.105. The summed E-state index contributed by atoms with van der Waals surface area (Å²) >= 11 is 0. The van der Waals surface area contributed by atoms with Gasteiger partial charge in [-0.25, -0.2) is 9.78 Å². The summed E-state index contributed by atoms with van der Waals surface area (Å²) in [5.41, 5.74) is 2.40. The molecule has 1 aromatic carbocycles. The smallest absolute Gasteiger partial charge is 0.314 e. The van der Waals surface area contributed by atoms with E-state index in [1.165, 1.54) is 24.2 Å². The summed E-state index contributed by atoms with van der Waals surface area (Å²) < 4.78 is 2.22. The normalized spacial score (nSPS) is 13.8. The van der Waals surface area contributed by atoms with Crippen molar-refractivity contribution in [1.29, 1.82) is 0 Å². The number of rotatable bonds is 7. The van der Waals surface area contributed by atoms with Crippen molar-refractivity contribution in [2.45, 2.75) is 38.6 Å². The lowest BCUT2D eigenvalue weighted by Gasteiger charge is -2.11. The Bertz CT molecular complexity index is 646. The van der Waals surface area contributed by atoms with Crippen molar-refractivity contribution in [3.63, 3.8) is 0 Å². The summed E-state index contributed by atoms with van der Waals surface area (Å²) in [5, 5.41) is 5.82. The van der Waals surface area contributed by atoms with Crippen LogP contribution < -0.4 is 10.6 Å². The molecule has 122 valence electrons. The van der Waals surface area contributed by atoms with Gasteiger partial charge in [-0.05, 0) is 31.7 Å². The van der Waals surface area contributed by atoms with Gasteiger partial charge < -0.3 is 15.2 Å². The third-order valence-corrected chi connectivity index (χ3v) is 4.19. The Kier molecular flexibility index (Phi) is 4.95. The van der Waals surface area contributed by atoms with Gasteiger partial charge >= 0.3 is 6.03 Å². The number of hydrogen-bond acceptors (Lipinski definition) is 2. The fourth-order valence-electron chi connectivity index (χ4n) is 2.75. The molecule has 0 radical (unpaired) electrons. The van der Waals surface area contributed by atoms with Crippen molar-refractivity contribution >= 4 is 6.03 Å². The standard InChI is InChI=1S/C18H24N4O/c1-14-13-21-17(16-7-8-16)22(14)12-11-20-18(23)19-10-9-15-5-3-2-4-6-15/h2-6,13,16H,7-12H2,1H3,(H2,19,20,23). The predicted octanol–water partition coefficient (Wildman–Crippen LogP) is 2.61. The van der Waals surface area contributed by atoms with Crippen LogP contribution in [-0.2, 0) is 13.0 Å². The summed E-state index contributed by atoms with van der Waals surface area (Å²) in [6.07, 6.45) is 5.25. The fourth-order valence-corrected chi connectivity index (χ4v) is 2.75. The molecule has 0 spiro atoms. The number of amides is 2. The number of nitrogens with zero attached hydrogens (tertiary/aromatic N) is 2. The zero-order valence-corrected chi connectivity index (χ0v) is 13.6. The Morgan fingerprint density at radius 3 is 2.70 bits per heavy atom. The number of hydrogen-bond donors (Lipinski definition) is 2. The van der Waals surface area contributed by atoms with Crippen molar-refractivity contribution in [2.75, 3.05) is 13.1 Å². The predicted molar refractivity (Wildman–Crippen MR) is 90.5 cm³/mol. The number of urea groups is 1. The van der Waals surface area contributed by atoms with Crippen LogP contribution in [0.25, 0.3) is 0 Å². The average Bonchev–Trinajstić information content (AvgIpc) is 3.33. The molecule has 1 aliphatic rings. The summed E-state index contributed by atoms with van der Waals surface area (Å²) in [7, 11) is 0. The molecule has 1 heterocycles. The highest BCUT2D eigenvalue weighted by molar-refractivity contribution is 5.73. The number of carbonyl (C=O) groups is 1. The maximum Gasteiger partial charge on any atom is 0.314 e. The zero-order valence-electron chi connectivity index (χ0n) is 13.6. The van der Waals surface area contributed by atoms with E-state index in [2.05, 4.69) is 39.2 Å². The maximum absolute atomic E-state index is 11.8. The lowest BCUT2D eigenvalue weighted by Crippen LogP contribution is -2.38. The Labute approximate surface area is 137 Å². The first-order valence-electron chi connectivity index (χ1n) is 8.31. The molecule has 0 bridgehead atoms. The molecule has 1 aliphatic carbocycles. The van der Waals surface area contributed by atoms with E-state index in [1.807, 2.05) is 24.4 Å². The SMILES string of the molecule is Cc1cnc(C2CC2)n1CCNC(=O)NCCc1ccccc1. The molecular weight excluding hydrogens is 288 g/mol. The fraction of sp³-hybridized carbons (Fsp3) is 0.444. The molecular formula is C18H24N4O. The highest BCUT2D eigenvalue weighted by Crippen LogP contribution is 2.39. The second kappa shape index (κ2) is 7.31. The molecule has 2 aromatic rings. The van der Waals surface area contributed by atoms with Crippen molar-refractivity contribution in [1.82, 2.24) is 20.2 Å². The van der Waals surface area contributed by atoms with Gasteiger partial charge in [0.2, 0.25) is 0 Å². The van der Waals surface area contributed by atoms with Crippen molar-refractivity contribution in [3.8, 4) is 0 Å². The van der Waals surface area contributed by atoms with E-state index in [1.54, 1.807) is 0 Å². The Morgan fingerprint density at radius 2 is 1.96 bits per heavy atom. The van der Waals surface area contributed by atoms with Crippen LogP contribution in [0.1, 0.15) is 35.8 Å². The van der Waals surface area contributed by atoms with Gasteiger partial charge in [0.05, 0.1) is 0 Å². The maximum atomic E-state index is 11.8. The van der Waals surface area contributed by atoms with Gasteiger partial charge in [0, 0.05) is 37.4 Å². The summed E-state index contributed by atoms with van der Waals surface area (Å²) in [6, 6.07) is 10.1. The monoisotopic (exact) mass is 312 g/mol. The van der Waals surface area contributed by atoms with Gasteiger partial charge in [-0.3, -0.25) is 0 Å². The minimum Gasteiger partial charge on any atom is -0.338 e. The minimum absolute atomic E-state index is 0.105. The van der Waals surface area contributed by atoms with E-state index < -0.39 is 0 Å². The highest BCUT2D eigenvalue weighted by atomic mass is 16.2. The van der Waals surface area contributed by atoms with E-state index in [4.69, 9.17) is 0 Å². The van der Waals surface area contributed by atoms with Crippen molar-refractivity contribution in [2.24, 2.45) is 0 Å². The lowest BCUT2D eigenvalue weighted by molar-refractivity contribution is 0.240. The van der Waals surface area contributed by atoms with Gasteiger partial charge in [-0.1, -0.05) is 30.3 Å². The first-order valence-corrected chi connectivity index (χ1v) is 8.31. The molecule has 2 amide bonds. The van der Waals surface area contributed by atoms with Crippen LogP contribution in [0.15, 0.2) is 36.5 Å². The van der Waals surface area contributed by atoms with Gasteiger partial charge in [-0.2, -0.15) is 0 Å². The van der Waals surface area contributed by atoms with Crippen LogP contribution in [0.4, 0.5) is 4.79 Å². The largest absolute Gasteiger partial charge is 0.338 e. The first-order chi connectivity index (χ1) is 11.2. The first kappa shape index (κ1) is 15.6. The van der Waals surface area contributed by atoms with Gasteiger partial charge in [0.15, 0.2) is 0 Å². The lowest BCUT2D eigenvalue weighted by atomic mass is 10.1. The molecule has 0 saturated heterocycles. The van der Waals surface area contributed by atoms with Crippen LogP contribution in [0.2, 0.25) is 0 Å². The molecule has 0 unspecified atom stereocenters. The Hall–Kier alpha value is -2.30. The summed E-state index contributed by atoms with van der Waals surface area (Å²) in [6.45, 7) is 4.12. The van der Waals surface area contributed by atoms with Crippen LogP contribution in [0.3, 0.4) is 0 Å². The molecule has 23 heavy (non-hydrogen) atoms. The zero-order chi connectivity index (χ0) is 16.1. The van der Waals surface area contributed by atoms with Crippen LogP contribution in [0, 0.1) is 6.92 Å². The molecule has 1 aromatic heterocycles. The van der Waals surface area contributed by atoms with E-state index in [0.29, 0.717) is 19.0 Å². The van der Waals surface area contributed by atoms with Crippen LogP contribution in [-0.4, -0.2) is 28.7 Å². The molecule has 1 saturated carbocycles. The van der Waals surface area contributed by atoms with Gasteiger partial charge in [0.1, 0.15) is 5.82 Å². The van der Waals surface area contributed by atoms with E-state index >= 15 is 0 Å². The van der Waals surface area contributed by atoms with E-state index in [-0.39, 0.29) is 6.03 Å². The molecule has 3 rings (SSSR count). The van der Waals surface area contributed by atoms with Crippen LogP contribution in [0.5, 0.6) is 0 Å². The second-order valence-electron chi connectivity index (χ2n) is 6.10. The Balaban J connectivity index is 1.37. The number of aryl methyl sites for hydroxylation is 1. The molecule has 5 nitrogen and oxygen atoms in total. The third kappa shape index (κ3) is 4.34. The van der Waals surface area contributed by atoms with Crippen molar-refractivity contribution in [3.05, 3.63) is 53.6 Å². The number of nitrogens with one attached hydrogen (secondary N) is 2. The van der Waals surface area contributed by atoms with Crippen LogP contribution >= 0.6 is 0 Å². The Morgan fingerprint density at radius 1 is 1.22 bits per heavy atom. The number of aromatic nitrogens is 2. The van der Waals surface area contributed by atoms with Gasteiger partial charge in [-0.15, -0.1) is 0 Å².